The SMILES string of the molecule is Cc1ccnc(SCC(=O)N2c3ccccc3CC2C)n1. The van der Waals surface area contributed by atoms with Gasteiger partial charge in [-0.25, -0.2) is 9.97 Å². The van der Waals surface area contributed by atoms with Crippen LogP contribution in [0.4, 0.5) is 5.69 Å². The number of fused-ring (bicyclic) bond motifs is 1. The molecule has 3 rings (SSSR count). The van der Waals surface area contributed by atoms with Gasteiger partial charge in [-0.1, -0.05) is 30.0 Å². The van der Waals surface area contributed by atoms with E-state index in [1.54, 1.807) is 6.20 Å². The highest BCUT2D eigenvalue weighted by molar-refractivity contribution is 7.99. The van der Waals surface area contributed by atoms with Gasteiger partial charge in [0, 0.05) is 23.6 Å². The maximum atomic E-state index is 12.5. The fourth-order valence-electron chi connectivity index (χ4n) is 2.64. The van der Waals surface area contributed by atoms with Gasteiger partial charge >= 0.3 is 0 Å². The van der Waals surface area contributed by atoms with Crippen molar-refractivity contribution in [3.63, 3.8) is 0 Å². The minimum Gasteiger partial charge on any atom is -0.308 e. The highest BCUT2D eigenvalue weighted by Crippen LogP contribution is 2.32. The van der Waals surface area contributed by atoms with Crippen molar-refractivity contribution in [3.8, 4) is 0 Å². The van der Waals surface area contributed by atoms with Crippen molar-refractivity contribution in [2.75, 3.05) is 10.7 Å². The number of hydrogen-bond acceptors (Lipinski definition) is 4. The van der Waals surface area contributed by atoms with Crippen LogP contribution in [-0.2, 0) is 11.2 Å². The first-order chi connectivity index (χ1) is 10.1. The minimum atomic E-state index is 0.113. The Balaban J connectivity index is 1.71. The van der Waals surface area contributed by atoms with Crippen LogP contribution >= 0.6 is 11.8 Å². The van der Waals surface area contributed by atoms with Crippen LogP contribution in [0.2, 0.25) is 0 Å². The van der Waals surface area contributed by atoms with Crippen molar-refractivity contribution < 1.29 is 4.79 Å². The molecule has 0 N–H and O–H groups in total. The Morgan fingerprint density at radius 1 is 1.38 bits per heavy atom. The molecule has 5 heteroatoms. The van der Waals surface area contributed by atoms with Gasteiger partial charge in [0.05, 0.1) is 5.75 Å². The topological polar surface area (TPSA) is 46.1 Å². The molecule has 1 aliphatic rings. The molecule has 0 aliphatic carbocycles. The van der Waals surface area contributed by atoms with Crippen molar-refractivity contribution in [2.24, 2.45) is 0 Å². The fourth-order valence-corrected chi connectivity index (χ4v) is 3.37. The minimum absolute atomic E-state index is 0.113. The van der Waals surface area contributed by atoms with Crippen LogP contribution in [0.5, 0.6) is 0 Å². The summed E-state index contributed by atoms with van der Waals surface area (Å²) < 4.78 is 0. The number of aromatic nitrogens is 2. The van der Waals surface area contributed by atoms with Gasteiger partial charge in [-0.3, -0.25) is 4.79 Å². The monoisotopic (exact) mass is 299 g/mol. The third-order valence-electron chi connectivity index (χ3n) is 3.57. The predicted octanol–water partition coefficient (Wildman–Crippen LogP) is 2.85. The van der Waals surface area contributed by atoms with E-state index in [9.17, 15) is 4.79 Å². The molecule has 2 aromatic rings. The molecule has 4 nitrogen and oxygen atoms in total. The van der Waals surface area contributed by atoms with Gasteiger partial charge in [0.1, 0.15) is 0 Å². The van der Waals surface area contributed by atoms with Crippen molar-refractivity contribution in [3.05, 3.63) is 47.8 Å². The van der Waals surface area contributed by atoms with Crippen molar-refractivity contribution in [1.29, 1.82) is 0 Å². The summed E-state index contributed by atoms with van der Waals surface area (Å²) in [6.45, 7) is 4.01. The summed E-state index contributed by atoms with van der Waals surface area (Å²) in [6, 6.07) is 10.2. The Labute approximate surface area is 128 Å². The molecule has 0 fully saturated rings. The number of thioether (sulfide) groups is 1. The molecule has 0 radical (unpaired) electrons. The lowest BCUT2D eigenvalue weighted by molar-refractivity contribution is -0.116. The van der Waals surface area contributed by atoms with E-state index in [0.717, 1.165) is 17.8 Å². The summed E-state index contributed by atoms with van der Waals surface area (Å²) in [4.78, 5) is 22.9. The second kappa shape index (κ2) is 5.85. The molecule has 1 aliphatic heterocycles. The average molecular weight is 299 g/mol. The maximum absolute atomic E-state index is 12.5. The zero-order valence-corrected chi connectivity index (χ0v) is 12.9. The normalized spacial score (nSPS) is 16.9. The number of anilines is 1. The van der Waals surface area contributed by atoms with Gasteiger partial charge in [-0.2, -0.15) is 0 Å². The van der Waals surface area contributed by atoms with Crippen molar-refractivity contribution in [1.82, 2.24) is 9.97 Å². The second-order valence-electron chi connectivity index (χ2n) is 5.21. The van der Waals surface area contributed by atoms with E-state index in [-0.39, 0.29) is 11.9 Å². The third-order valence-corrected chi connectivity index (χ3v) is 4.42. The van der Waals surface area contributed by atoms with E-state index < -0.39 is 0 Å². The molecule has 1 amide bonds. The number of hydrogen-bond donors (Lipinski definition) is 0. The van der Waals surface area contributed by atoms with Crippen molar-refractivity contribution >= 4 is 23.4 Å². The first kappa shape index (κ1) is 14.1. The number of para-hydroxylation sites is 1. The van der Waals surface area contributed by atoms with Gasteiger partial charge in [0.15, 0.2) is 5.16 Å². The highest BCUT2D eigenvalue weighted by Gasteiger charge is 2.30. The summed E-state index contributed by atoms with van der Waals surface area (Å²) >= 11 is 1.39. The molecule has 0 saturated carbocycles. The standard InChI is InChI=1S/C16H17N3OS/c1-11-7-8-17-16(18-11)21-10-15(20)19-12(2)9-13-5-3-4-6-14(13)19/h3-8,12H,9-10H2,1-2H3. The number of nitrogens with zero attached hydrogens (tertiary/aromatic N) is 3. The molecule has 1 atom stereocenters. The van der Waals surface area contributed by atoms with E-state index in [1.807, 2.05) is 36.1 Å². The highest BCUT2D eigenvalue weighted by atomic mass is 32.2. The lowest BCUT2D eigenvalue weighted by Crippen LogP contribution is -2.37. The Morgan fingerprint density at radius 2 is 2.19 bits per heavy atom. The van der Waals surface area contributed by atoms with Gasteiger partial charge in [0.2, 0.25) is 5.91 Å². The largest absolute Gasteiger partial charge is 0.308 e. The van der Waals surface area contributed by atoms with E-state index in [4.69, 9.17) is 0 Å². The molecule has 0 spiro atoms. The molecule has 2 heterocycles. The first-order valence-corrected chi connectivity index (χ1v) is 7.96. The number of amides is 1. The molecule has 0 saturated heterocycles. The Hall–Kier alpha value is -1.88. The lowest BCUT2D eigenvalue weighted by Gasteiger charge is -2.22. The summed E-state index contributed by atoms with van der Waals surface area (Å²) in [5, 5.41) is 0.656. The Kier molecular flexibility index (Phi) is 3.92. The van der Waals surface area contributed by atoms with Crippen LogP contribution in [0.3, 0.4) is 0 Å². The number of benzene rings is 1. The number of carbonyl (C=O) groups excluding carboxylic acids is 1. The molecule has 108 valence electrons. The molecular weight excluding hydrogens is 282 g/mol. The number of rotatable bonds is 3. The van der Waals surface area contributed by atoms with Crippen molar-refractivity contribution in [2.45, 2.75) is 31.5 Å². The smallest absolute Gasteiger partial charge is 0.237 e. The van der Waals surface area contributed by atoms with Gasteiger partial charge in [0.25, 0.3) is 0 Å². The van der Waals surface area contributed by atoms with E-state index in [2.05, 4.69) is 23.0 Å². The van der Waals surface area contributed by atoms with Crippen LogP contribution in [-0.4, -0.2) is 27.7 Å². The fraction of sp³-hybridized carbons (Fsp3) is 0.312. The van der Waals surface area contributed by atoms with E-state index >= 15 is 0 Å². The van der Waals surface area contributed by atoms with Crippen LogP contribution in [0, 0.1) is 6.92 Å². The molecule has 1 aromatic heterocycles. The third kappa shape index (κ3) is 2.93. The van der Waals surface area contributed by atoms with E-state index in [0.29, 0.717) is 10.9 Å². The summed E-state index contributed by atoms with van der Waals surface area (Å²) in [5.74, 6) is 0.477. The van der Waals surface area contributed by atoms with Gasteiger partial charge < -0.3 is 4.90 Å². The maximum Gasteiger partial charge on any atom is 0.237 e. The quantitative estimate of drug-likeness (QED) is 0.646. The molecular formula is C16H17N3OS. The summed E-state index contributed by atoms with van der Waals surface area (Å²) in [6.07, 6.45) is 2.65. The number of carbonyl (C=O) groups is 1. The average Bonchev–Trinajstić information content (AvgIpc) is 2.81. The Morgan fingerprint density at radius 3 is 3.00 bits per heavy atom. The Bertz CT molecular complexity index is 674. The molecule has 1 aromatic carbocycles. The summed E-state index contributed by atoms with van der Waals surface area (Å²) in [7, 11) is 0. The van der Waals surface area contributed by atoms with E-state index in [1.165, 1.54) is 17.3 Å². The first-order valence-electron chi connectivity index (χ1n) is 6.97. The van der Waals surface area contributed by atoms with Crippen LogP contribution in [0.25, 0.3) is 0 Å². The van der Waals surface area contributed by atoms with Crippen LogP contribution in [0.1, 0.15) is 18.2 Å². The molecule has 21 heavy (non-hydrogen) atoms. The second-order valence-corrected chi connectivity index (χ2v) is 6.16. The van der Waals surface area contributed by atoms with Crippen LogP contribution in [0.15, 0.2) is 41.7 Å². The lowest BCUT2D eigenvalue weighted by atomic mass is 10.1. The van der Waals surface area contributed by atoms with Gasteiger partial charge in [-0.05, 0) is 38.0 Å². The zero-order chi connectivity index (χ0) is 14.8. The molecule has 1 unspecified atom stereocenters. The number of aryl methyl sites for hydroxylation is 1. The predicted molar refractivity (Wildman–Crippen MR) is 84.6 cm³/mol. The molecule has 0 bridgehead atoms. The summed E-state index contributed by atoms with van der Waals surface area (Å²) in [5.41, 5.74) is 3.20. The van der Waals surface area contributed by atoms with Crippen LogP contribution < -0.4 is 4.90 Å². The zero-order valence-electron chi connectivity index (χ0n) is 12.1. The van der Waals surface area contributed by atoms with Gasteiger partial charge in [-0.15, -0.1) is 0 Å².